The zero-order chi connectivity index (χ0) is 27.7. The zero-order valence-electron chi connectivity index (χ0n) is 20.9. The molecule has 5 rings (SSSR count). The molecule has 2 aromatic carbocycles. The van der Waals surface area contributed by atoms with E-state index in [0.29, 0.717) is 33.6 Å². The first kappa shape index (κ1) is 26.2. The van der Waals surface area contributed by atoms with Crippen molar-refractivity contribution in [1.29, 1.82) is 0 Å². The van der Waals surface area contributed by atoms with Crippen molar-refractivity contribution in [3.63, 3.8) is 0 Å². The number of methoxy groups -OCH3 is 1. The van der Waals surface area contributed by atoms with Crippen LogP contribution in [0.15, 0.2) is 83.4 Å². The summed E-state index contributed by atoms with van der Waals surface area (Å²) in [4.78, 5) is 17.8. The van der Waals surface area contributed by atoms with Gasteiger partial charge in [-0.25, -0.2) is 13.2 Å². The van der Waals surface area contributed by atoms with Crippen LogP contribution in [0.5, 0.6) is 5.75 Å². The molecule has 200 valence electrons. The lowest BCUT2D eigenvalue weighted by Gasteiger charge is -2.27. The van der Waals surface area contributed by atoms with E-state index in [0.717, 1.165) is 11.9 Å². The lowest BCUT2D eigenvalue weighted by atomic mass is 10.0. The van der Waals surface area contributed by atoms with E-state index in [1.807, 2.05) is 29.2 Å². The average Bonchev–Trinajstić information content (AvgIpc) is 3.53. The van der Waals surface area contributed by atoms with Crippen LogP contribution in [0.4, 0.5) is 11.4 Å². The van der Waals surface area contributed by atoms with Crippen molar-refractivity contribution >= 4 is 44.7 Å². The van der Waals surface area contributed by atoms with E-state index in [4.69, 9.17) is 21.4 Å². The monoisotopic (exact) mass is 564 g/mol. The minimum Gasteiger partial charge on any atom is -0.495 e. The predicted octanol–water partition coefficient (Wildman–Crippen LogP) is 4.60. The van der Waals surface area contributed by atoms with E-state index in [-0.39, 0.29) is 11.3 Å². The van der Waals surface area contributed by atoms with Crippen molar-refractivity contribution in [2.45, 2.75) is 12.1 Å². The fourth-order valence-electron chi connectivity index (χ4n) is 4.52. The Morgan fingerprint density at radius 2 is 1.95 bits per heavy atom. The second kappa shape index (κ2) is 10.4. The molecule has 0 radical (unpaired) electrons. The van der Waals surface area contributed by atoms with Crippen LogP contribution in [-0.2, 0) is 10.0 Å². The van der Waals surface area contributed by atoms with E-state index < -0.39 is 28.1 Å². The second-order valence-corrected chi connectivity index (χ2v) is 11.0. The van der Waals surface area contributed by atoms with E-state index in [2.05, 4.69) is 15.0 Å². The number of benzene rings is 2. The van der Waals surface area contributed by atoms with Gasteiger partial charge in [0.15, 0.2) is 5.11 Å². The average molecular weight is 565 g/mol. The Kier molecular flexibility index (Phi) is 6.98. The summed E-state index contributed by atoms with van der Waals surface area (Å²) < 4.78 is 38.2. The van der Waals surface area contributed by atoms with Crippen molar-refractivity contribution in [2.24, 2.45) is 0 Å². The van der Waals surface area contributed by atoms with E-state index >= 15 is 0 Å². The Bertz CT molecular complexity index is 1660. The van der Waals surface area contributed by atoms with Crippen molar-refractivity contribution in [2.75, 3.05) is 23.0 Å². The number of aromatic nitrogens is 1. The standard InChI is InChI=1S/C27H24N4O6S2/c1-36-22-10-9-18(15-20(22)30-39(2,34)35)31-25(24(29-27(31)38)19-8-3-4-13-28-19)23-12-11-21(37-23)16-6-5-7-17(14-16)26(32)33/h3-15,24-25,30H,1-2H3,(H,29,38)(H,32,33)/t24-,25+/m0/s1. The highest BCUT2D eigenvalue weighted by Gasteiger charge is 2.43. The smallest absolute Gasteiger partial charge is 0.335 e. The topological polar surface area (TPSA) is 134 Å². The molecule has 1 aliphatic rings. The number of ether oxygens (including phenoxy) is 1. The molecule has 39 heavy (non-hydrogen) atoms. The maximum atomic E-state index is 12.0. The molecule has 1 aliphatic heterocycles. The fraction of sp³-hybridized carbons (Fsp3) is 0.148. The van der Waals surface area contributed by atoms with Gasteiger partial charge in [0.1, 0.15) is 23.3 Å². The molecule has 0 saturated carbocycles. The quantitative estimate of drug-likeness (QED) is 0.261. The van der Waals surface area contributed by atoms with Gasteiger partial charge in [0.25, 0.3) is 0 Å². The van der Waals surface area contributed by atoms with Crippen molar-refractivity contribution in [3.05, 3.63) is 96.0 Å². The number of pyridine rings is 1. The van der Waals surface area contributed by atoms with Gasteiger partial charge in [-0.1, -0.05) is 18.2 Å². The molecule has 0 amide bonds. The van der Waals surface area contributed by atoms with E-state index in [9.17, 15) is 18.3 Å². The van der Waals surface area contributed by atoms with Crippen molar-refractivity contribution < 1.29 is 27.5 Å². The Hall–Kier alpha value is -4.42. The number of aromatic carboxylic acids is 1. The van der Waals surface area contributed by atoms with Crippen molar-refractivity contribution in [3.8, 4) is 17.1 Å². The highest BCUT2D eigenvalue weighted by molar-refractivity contribution is 7.92. The molecule has 12 heteroatoms. The van der Waals surface area contributed by atoms with Gasteiger partial charge in [-0.2, -0.15) is 0 Å². The van der Waals surface area contributed by atoms with Crippen molar-refractivity contribution in [1.82, 2.24) is 10.3 Å². The molecular formula is C27H24N4O6S2. The van der Waals surface area contributed by atoms with E-state index in [1.165, 1.54) is 13.2 Å². The van der Waals surface area contributed by atoms with Gasteiger partial charge in [0, 0.05) is 17.4 Å². The molecule has 2 atom stereocenters. The summed E-state index contributed by atoms with van der Waals surface area (Å²) in [6.45, 7) is 0. The predicted molar refractivity (Wildman–Crippen MR) is 150 cm³/mol. The minimum absolute atomic E-state index is 0.145. The summed E-state index contributed by atoms with van der Waals surface area (Å²) in [6, 6.07) is 19.8. The number of nitrogens with zero attached hydrogens (tertiary/aromatic N) is 2. The first-order valence-electron chi connectivity index (χ1n) is 11.7. The first-order chi connectivity index (χ1) is 18.6. The zero-order valence-corrected chi connectivity index (χ0v) is 22.5. The molecule has 1 fully saturated rings. The summed E-state index contributed by atoms with van der Waals surface area (Å²) in [5.74, 6) is 0.342. The lowest BCUT2D eigenvalue weighted by Crippen LogP contribution is -2.29. The highest BCUT2D eigenvalue weighted by Crippen LogP contribution is 2.44. The lowest BCUT2D eigenvalue weighted by molar-refractivity contribution is 0.0697. The molecule has 1 saturated heterocycles. The van der Waals surface area contributed by atoms with Crippen LogP contribution in [0.2, 0.25) is 0 Å². The fourth-order valence-corrected chi connectivity index (χ4v) is 5.42. The molecular weight excluding hydrogens is 540 g/mol. The summed E-state index contributed by atoms with van der Waals surface area (Å²) >= 11 is 5.75. The summed E-state index contributed by atoms with van der Waals surface area (Å²) in [7, 11) is -2.13. The third-order valence-electron chi connectivity index (χ3n) is 6.17. The Balaban J connectivity index is 1.61. The van der Waals surface area contributed by atoms with Gasteiger partial charge in [0.2, 0.25) is 10.0 Å². The summed E-state index contributed by atoms with van der Waals surface area (Å²) in [6.07, 6.45) is 2.75. The molecule has 3 N–H and O–H groups in total. The highest BCUT2D eigenvalue weighted by atomic mass is 32.2. The molecule has 0 aliphatic carbocycles. The maximum absolute atomic E-state index is 12.0. The number of hydrogen-bond donors (Lipinski definition) is 3. The molecule has 3 heterocycles. The van der Waals surface area contributed by atoms with Crippen LogP contribution in [0.25, 0.3) is 11.3 Å². The van der Waals surface area contributed by atoms with Gasteiger partial charge in [-0.05, 0) is 66.8 Å². The number of thiocarbonyl (C=S) groups is 1. The van der Waals surface area contributed by atoms with Crippen LogP contribution < -0.4 is 19.7 Å². The SMILES string of the molecule is COc1ccc(N2C(=S)N[C@@H](c3ccccn3)[C@H]2c2ccc(-c3cccc(C(=O)O)c3)o2)cc1NS(C)(=O)=O. The molecule has 0 spiro atoms. The second-order valence-electron chi connectivity index (χ2n) is 8.84. The number of rotatable bonds is 8. The molecule has 2 aromatic heterocycles. The number of carbonyl (C=O) groups is 1. The van der Waals surface area contributed by atoms with Gasteiger partial charge < -0.3 is 24.5 Å². The third-order valence-corrected chi connectivity index (χ3v) is 7.07. The summed E-state index contributed by atoms with van der Waals surface area (Å²) in [5.41, 5.74) is 2.33. The van der Waals surface area contributed by atoms with Gasteiger partial charge in [-0.3, -0.25) is 9.71 Å². The molecule has 4 aromatic rings. The Labute approximate surface area is 230 Å². The number of sulfonamides is 1. The number of nitrogens with one attached hydrogen (secondary N) is 2. The van der Waals surface area contributed by atoms with Gasteiger partial charge in [0.05, 0.1) is 36.4 Å². The van der Waals surface area contributed by atoms with Crippen LogP contribution in [0.3, 0.4) is 0 Å². The van der Waals surface area contributed by atoms with Crippen LogP contribution in [0.1, 0.15) is 33.9 Å². The van der Waals surface area contributed by atoms with Crippen LogP contribution in [-0.4, -0.2) is 43.0 Å². The number of anilines is 2. The van der Waals surface area contributed by atoms with Crippen LogP contribution in [0, 0.1) is 0 Å². The van der Waals surface area contributed by atoms with Gasteiger partial charge in [-0.15, -0.1) is 0 Å². The number of carboxylic acids is 1. The Morgan fingerprint density at radius 1 is 1.13 bits per heavy atom. The minimum atomic E-state index is -3.59. The maximum Gasteiger partial charge on any atom is 0.335 e. The van der Waals surface area contributed by atoms with E-state index in [1.54, 1.807) is 48.7 Å². The third kappa shape index (κ3) is 5.42. The molecule has 0 unspecified atom stereocenters. The molecule has 10 nitrogen and oxygen atoms in total. The molecule has 0 bridgehead atoms. The number of furan rings is 1. The van der Waals surface area contributed by atoms with Gasteiger partial charge >= 0.3 is 5.97 Å². The Morgan fingerprint density at radius 3 is 2.64 bits per heavy atom. The largest absolute Gasteiger partial charge is 0.495 e. The normalized spacial score (nSPS) is 17.1. The number of hydrogen-bond acceptors (Lipinski definition) is 7. The summed E-state index contributed by atoms with van der Waals surface area (Å²) in [5, 5.41) is 13.1. The number of carboxylic acid groups (broad SMARTS) is 1. The first-order valence-corrected chi connectivity index (χ1v) is 14.0. The van der Waals surface area contributed by atoms with Crippen LogP contribution >= 0.6 is 12.2 Å².